The summed E-state index contributed by atoms with van der Waals surface area (Å²) < 4.78 is 0.854. The minimum atomic E-state index is -0.632. The van der Waals surface area contributed by atoms with E-state index in [0.29, 0.717) is 24.2 Å². The highest BCUT2D eigenvalue weighted by atomic mass is 127. The average molecular weight is 427 g/mol. The normalized spacial score (nSPS) is 20.3. The predicted octanol–water partition coefficient (Wildman–Crippen LogP) is 1.01. The van der Waals surface area contributed by atoms with Gasteiger partial charge in [-0.1, -0.05) is 0 Å². The van der Waals surface area contributed by atoms with Crippen LogP contribution in [0.2, 0.25) is 0 Å². The molecule has 2 N–H and O–H groups in total. The molecule has 1 aromatic rings. The summed E-state index contributed by atoms with van der Waals surface area (Å²) in [5.41, 5.74) is 1.89. The Kier molecular flexibility index (Phi) is 4.09. The molecule has 2 aliphatic heterocycles. The van der Waals surface area contributed by atoms with Crippen molar-refractivity contribution in [2.75, 3.05) is 5.32 Å². The number of amides is 4. The summed E-state index contributed by atoms with van der Waals surface area (Å²) in [7, 11) is 0. The van der Waals surface area contributed by atoms with Gasteiger partial charge in [-0.25, -0.2) is 0 Å². The highest BCUT2D eigenvalue weighted by Gasteiger charge is 2.39. The highest BCUT2D eigenvalue weighted by Crippen LogP contribution is 2.33. The van der Waals surface area contributed by atoms with E-state index >= 15 is 0 Å². The van der Waals surface area contributed by atoms with Crippen LogP contribution in [0.1, 0.15) is 35.7 Å². The van der Waals surface area contributed by atoms with Crippen molar-refractivity contribution in [2.24, 2.45) is 0 Å². The third-order valence-corrected chi connectivity index (χ3v) is 4.88. The molecule has 120 valence electrons. The van der Waals surface area contributed by atoms with Crippen molar-refractivity contribution < 1.29 is 19.2 Å². The summed E-state index contributed by atoms with van der Waals surface area (Å²) in [6.07, 6.45) is 0.560. The molecule has 7 nitrogen and oxygen atoms in total. The Labute approximate surface area is 145 Å². The number of nitrogens with one attached hydrogen (secondary N) is 2. The summed E-state index contributed by atoms with van der Waals surface area (Å²) >= 11 is 2.11. The Bertz CT molecular complexity index is 746. The Morgan fingerprint density at radius 3 is 2.74 bits per heavy atom. The lowest BCUT2D eigenvalue weighted by molar-refractivity contribution is -0.137. The van der Waals surface area contributed by atoms with E-state index < -0.39 is 11.9 Å². The van der Waals surface area contributed by atoms with Crippen LogP contribution in [-0.2, 0) is 20.9 Å². The fourth-order valence-electron chi connectivity index (χ4n) is 2.89. The standard InChI is InChI=1S/C15H14IN3O4/c1-7(20)17-8-4-9-10(11(16)5-8)6-19(15(9)23)12-2-3-13(21)18-14(12)22/h4-5,12H,2-3,6H2,1H3,(H,17,20)(H,18,21,22). The highest BCUT2D eigenvalue weighted by molar-refractivity contribution is 14.1. The number of imide groups is 1. The van der Waals surface area contributed by atoms with Crippen LogP contribution in [0.5, 0.6) is 0 Å². The van der Waals surface area contributed by atoms with Gasteiger partial charge in [0.1, 0.15) is 6.04 Å². The molecule has 3 rings (SSSR count). The first kappa shape index (κ1) is 15.9. The molecule has 8 heteroatoms. The Balaban J connectivity index is 1.90. The van der Waals surface area contributed by atoms with Gasteiger partial charge in [0.2, 0.25) is 17.7 Å². The van der Waals surface area contributed by atoms with Crippen LogP contribution < -0.4 is 10.6 Å². The zero-order valence-electron chi connectivity index (χ0n) is 12.3. The molecule has 1 aromatic carbocycles. The van der Waals surface area contributed by atoms with Crippen molar-refractivity contribution in [1.29, 1.82) is 0 Å². The lowest BCUT2D eigenvalue weighted by Gasteiger charge is -2.29. The topological polar surface area (TPSA) is 95.6 Å². The monoisotopic (exact) mass is 427 g/mol. The lowest BCUT2D eigenvalue weighted by Crippen LogP contribution is -2.52. The van der Waals surface area contributed by atoms with Gasteiger partial charge in [-0.05, 0) is 46.7 Å². The average Bonchev–Trinajstić information content (AvgIpc) is 2.76. The summed E-state index contributed by atoms with van der Waals surface area (Å²) in [6.45, 7) is 1.73. The number of carbonyl (C=O) groups excluding carboxylic acids is 4. The number of nitrogens with zero attached hydrogens (tertiary/aromatic N) is 1. The number of carbonyl (C=O) groups is 4. The first-order valence-corrected chi connectivity index (χ1v) is 8.19. The molecule has 0 spiro atoms. The Hall–Kier alpha value is -1.97. The molecule has 23 heavy (non-hydrogen) atoms. The SMILES string of the molecule is CC(=O)Nc1cc(I)c2c(c1)C(=O)N(C1CCC(=O)NC1=O)C2. The van der Waals surface area contributed by atoms with Crippen molar-refractivity contribution in [3.05, 3.63) is 26.8 Å². The third-order valence-electron chi connectivity index (χ3n) is 3.92. The molecule has 0 radical (unpaired) electrons. The van der Waals surface area contributed by atoms with E-state index in [9.17, 15) is 19.2 Å². The summed E-state index contributed by atoms with van der Waals surface area (Å²) in [6, 6.07) is 2.79. The van der Waals surface area contributed by atoms with Crippen LogP contribution in [0.3, 0.4) is 0 Å². The lowest BCUT2D eigenvalue weighted by atomic mass is 10.0. The van der Waals surface area contributed by atoms with E-state index in [1.54, 1.807) is 12.1 Å². The van der Waals surface area contributed by atoms with Gasteiger partial charge in [-0.15, -0.1) is 0 Å². The molecule has 4 amide bonds. The molecular weight excluding hydrogens is 413 g/mol. The maximum absolute atomic E-state index is 12.7. The quantitative estimate of drug-likeness (QED) is 0.544. The molecule has 0 saturated carbocycles. The van der Waals surface area contributed by atoms with Crippen LogP contribution in [0, 0.1) is 3.57 Å². The van der Waals surface area contributed by atoms with E-state index in [0.717, 1.165) is 9.13 Å². The van der Waals surface area contributed by atoms with Crippen molar-refractivity contribution in [3.63, 3.8) is 0 Å². The zero-order valence-corrected chi connectivity index (χ0v) is 14.5. The zero-order chi connectivity index (χ0) is 16.7. The van der Waals surface area contributed by atoms with Crippen molar-refractivity contribution in [2.45, 2.75) is 32.4 Å². The van der Waals surface area contributed by atoms with E-state index in [1.165, 1.54) is 11.8 Å². The summed E-state index contributed by atoms with van der Waals surface area (Å²) in [4.78, 5) is 48.6. The second kappa shape index (κ2) is 5.91. The number of hydrogen-bond acceptors (Lipinski definition) is 4. The molecule has 0 bridgehead atoms. The van der Waals surface area contributed by atoms with Crippen molar-refractivity contribution >= 4 is 51.9 Å². The number of piperidine rings is 1. The molecule has 1 atom stereocenters. The molecule has 2 heterocycles. The molecule has 0 aromatic heterocycles. The number of fused-ring (bicyclic) bond motifs is 1. The molecule has 1 saturated heterocycles. The minimum Gasteiger partial charge on any atom is -0.326 e. The van der Waals surface area contributed by atoms with Gasteiger partial charge in [0.25, 0.3) is 5.91 Å². The molecule has 1 unspecified atom stereocenters. The van der Waals surface area contributed by atoms with Gasteiger partial charge in [0.05, 0.1) is 0 Å². The van der Waals surface area contributed by atoms with Gasteiger partial charge in [-0.3, -0.25) is 24.5 Å². The second-order valence-electron chi connectivity index (χ2n) is 5.57. The Morgan fingerprint density at radius 2 is 2.09 bits per heavy atom. The largest absolute Gasteiger partial charge is 0.326 e. The van der Waals surface area contributed by atoms with E-state index in [1.807, 2.05) is 0 Å². The smallest absolute Gasteiger partial charge is 0.255 e. The first-order chi connectivity index (χ1) is 10.9. The fraction of sp³-hybridized carbons (Fsp3) is 0.333. The third kappa shape index (κ3) is 2.94. The van der Waals surface area contributed by atoms with E-state index in [-0.39, 0.29) is 24.1 Å². The number of hydrogen-bond donors (Lipinski definition) is 2. The maximum Gasteiger partial charge on any atom is 0.255 e. The molecule has 2 aliphatic rings. The van der Waals surface area contributed by atoms with Crippen molar-refractivity contribution in [3.8, 4) is 0 Å². The molecule has 0 aliphatic carbocycles. The van der Waals surface area contributed by atoms with Crippen LogP contribution in [-0.4, -0.2) is 34.6 Å². The van der Waals surface area contributed by atoms with Crippen LogP contribution in [0.4, 0.5) is 5.69 Å². The van der Waals surface area contributed by atoms with Gasteiger partial charge in [0.15, 0.2) is 0 Å². The molecule has 1 fully saturated rings. The maximum atomic E-state index is 12.7. The summed E-state index contributed by atoms with van der Waals surface area (Å²) in [5, 5.41) is 4.94. The van der Waals surface area contributed by atoms with E-state index in [4.69, 9.17) is 0 Å². The fourth-order valence-corrected chi connectivity index (χ4v) is 3.69. The molecular formula is C15H14IN3O4. The number of halogens is 1. The number of benzene rings is 1. The van der Waals surface area contributed by atoms with Crippen LogP contribution in [0.15, 0.2) is 12.1 Å². The van der Waals surface area contributed by atoms with E-state index in [2.05, 4.69) is 33.2 Å². The van der Waals surface area contributed by atoms with Gasteiger partial charge < -0.3 is 10.2 Å². The summed E-state index contributed by atoms with van der Waals surface area (Å²) in [5.74, 6) is -1.20. The number of anilines is 1. The van der Waals surface area contributed by atoms with Crippen LogP contribution >= 0.6 is 22.6 Å². The van der Waals surface area contributed by atoms with Gasteiger partial charge in [-0.2, -0.15) is 0 Å². The predicted molar refractivity (Wildman–Crippen MR) is 89.5 cm³/mol. The first-order valence-electron chi connectivity index (χ1n) is 7.11. The van der Waals surface area contributed by atoms with Gasteiger partial charge in [0, 0.05) is 34.7 Å². The van der Waals surface area contributed by atoms with Crippen molar-refractivity contribution in [1.82, 2.24) is 10.2 Å². The Morgan fingerprint density at radius 1 is 1.35 bits per heavy atom. The van der Waals surface area contributed by atoms with Crippen LogP contribution in [0.25, 0.3) is 0 Å². The van der Waals surface area contributed by atoms with Gasteiger partial charge >= 0.3 is 0 Å². The second-order valence-corrected chi connectivity index (χ2v) is 6.73. The number of rotatable bonds is 2. The minimum absolute atomic E-state index is 0.215.